The van der Waals surface area contributed by atoms with Gasteiger partial charge < -0.3 is 9.84 Å². The number of hydrogen-bond acceptors (Lipinski definition) is 2. The van der Waals surface area contributed by atoms with Crippen LogP contribution in [0.2, 0.25) is 0 Å². The van der Waals surface area contributed by atoms with E-state index in [0.29, 0.717) is 0 Å². The minimum Gasteiger partial charge on any atom is -0.494 e. The van der Waals surface area contributed by atoms with Crippen molar-refractivity contribution in [2.24, 2.45) is 0 Å². The third-order valence-corrected chi connectivity index (χ3v) is 3.82. The molecule has 1 unspecified atom stereocenters. The van der Waals surface area contributed by atoms with Gasteiger partial charge in [0.2, 0.25) is 0 Å². The number of ether oxygens (including phenoxy) is 1. The van der Waals surface area contributed by atoms with E-state index in [-0.39, 0.29) is 6.10 Å². The summed E-state index contributed by atoms with van der Waals surface area (Å²) in [5, 5.41) is 10.2. The Morgan fingerprint density at radius 3 is 2.10 bits per heavy atom. The maximum atomic E-state index is 10.2. The lowest BCUT2D eigenvalue weighted by molar-refractivity contribution is 0.163. The molecule has 2 heteroatoms. The van der Waals surface area contributed by atoms with Crippen LogP contribution in [0.15, 0.2) is 24.3 Å². The van der Waals surface area contributed by atoms with Gasteiger partial charge in [0.05, 0.1) is 12.7 Å². The van der Waals surface area contributed by atoms with Crippen LogP contribution in [0.3, 0.4) is 0 Å². The molecular weight excluding hydrogens is 260 g/mol. The largest absolute Gasteiger partial charge is 0.494 e. The van der Waals surface area contributed by atoms with Crippen molar-refractivity contribution >= 4 is 0 Å². The first-order chi connectivity index (χ1) is 10.3. The highest BCUT2D eigenvalue weighted by Gasteiger charge is 2.07. The molecule has 0 saturated heterocycles. The van der Waals surface area contributed by atoms with Crippen LogP contribution in [0.1, 0.15) is 83.3 Å². The standard InChI is InChI=1S/C19H32O2/c1-3-5-6-7-8-9-10-11-19(20)17-12-14-18(15-13-17)21-16-4-2/h12-15,19-20H,3-11,16H2,1-2H3. The summed E-state index contributed by atoms with van der Waals surface area (Å²) in [7, 11) is 0. The Kier molecular flexibility index (Phi) is 9.98. The second-order valence-corrected chi connectivity index (χ2v) is 5.84. The van der Waals surface area contributed by atoms with E-state index in [1.54, 1.807) is 0 Å². The zero-order chi connectivity index (χ0) is 15.3. The number of hydrogen-bond donors (Lipinski definition) is 1. The maximum Gasteiger partial charge on any atom is 0.119 e. The van der Waals surface area contributed by atoms with E-state index in [1.165, 1.54) is 38.5 Å². The predicted octanol–water partition coefficient (Wildman–Crippen LogP) is 5.65. The summed E-state index contributed by atoms with van der Waals surface area (Å²) in [5.74, 6) is 0.892. The summed E-state index contributed by atoms with van der Waals surface area (Å²) in [4.78, 5) is 0. The molecule has 120 valence electrons. The van der Waals surface area contributed by atoms with Gasteiger partial charge in [-0.1, -0.05) is 70.9 Å². The highest BCUT2D eigenvalue weighted by Crippen LogP contribution is 2.22. The number of aliphatic hydroxyl groups excluding tert-OH is 1. The quantitative estimate of drug-likeness (QED) is 0.504. The normalized spacial score (nSPS) is 12.3. The molecule has 0 amide bonds. The Labute approximate surface area is 130 Å². The Morgan fingerprint density at radius 1 is 0.857 bits per heavy atom. The lowest BCUT2D eigenvalue weighted by Crippen LogP contribution is -1.99. The SMILES string of the molecule is CCCCCCCCCC(O)c1ccc(OCCC)cc1. The fourth-order valence-electron chi connectivity index (χ4n) is 2.47. The van der Waals surface area contributed by atoms with Crippen LogP contribution in [0.4, 0.5) is 0 Å². The number of benzene rings is 1. The van der Waals surface area contributed by atoms with E-state index in [2.05, 4.69) is 13.8 Å². The van der Waals surface area contributed by atoms with Crippen molar-refractivity contribution in [3.63, 3.8) is 0 Å². The molecule has 0 heterocycles. The van der Waals surface area contributed by atoms with Gasteiger partial charge in [-0.2, -0.15) is 0 Å². The molecule has 0 bridgehead atoms. The first kappa shape index (κ1) is 18.0. The molecule has 1 aromatic carbocycles. The van der Waals surface area contributed by atoms with E-state index in [0.717, 1.165) is 37.2 Å². The molecular formula is C19H32O2. The average molecular weight is 292 g/mol. The topological polar surface area (TPSA) is 29.5 Å². The molecule has 0 radical (unpaired) electrons. The van der Waals surface area contributed by atoms with Crippen molar-refractivity contribution in [1.82, 2.24) is 0 Å². The molecule has 0 aliphatic rings. The molecule has 0 aromatic heterocycles. The number of aliphatic hydroxyl groups is 1. The van der Waals surface area contributed by atoms with Gasteiger partial charge in [0, 0.05) is 0 Å². The summed E-state index contributed by atoms with van der Waals surface area (Å²) in [5.41, 5.74) is 1.00. The molecule has 1 rings (SSSR count). The van der Waals surface area contributed by atoms with Crippen LogP contribution in [-0.4, -0.2) is 11.7 Å². The Morgan fingerprint density at radius 2 is 1.48 bits per heavy atom. The summed E-state index contributed by atoms with van der Waals surface area (Å²) in [6.45, 7) is 5.09. The highest BCUT2D eigenvalue weighted by molar-refractivity contribution is 5.28. The first-order valence-corrected chi connectivity index (χ1v) is 8.68. The summed E-state index contributed by atoms with van der Waals surface area (Å²) in [6.07, 6.45) is 10.6. The van der Waals surface area contributed by atoms with Crippen LogP contribution < -0.4 is 4.74 Å². The van der Waals surface area contributed by atoms with Crippen LogP contribution in [0.25, 0.3) is 0 Å². The fraction of sp³-hybridized carbons (Fsp3) is 0.684. The lowest BCUT2D eigenvalue weighted by Gasteiger charge is -2.12. The Hall–Kier alpha value is -1.02. The molecule has 0 spiro atoms. The third-order valence-electron chi connectivity index (χ3n) is 3.82. The van der Waals surface area contributed by atoms with Gasteiger partial charge in [-0.05, 0) is 30.5 Å². The Balaban J connectivity index is 2.17. The van der Waals surface area contributed by atoms with Gasteiger partial charge in [0.25, 0.3) is 0 Å². The van der Waals surface area contributed by atoms with Gasteiger partial charge in [0.15, 0.2) is 0 Å². The van der Waals surface area contributed by atoms with E-state index < -0.39 is 0 Å². The fourth-order valence-corrected chi connectivity index (χ4v) is 2.47. The third kappa shape index (κ3) is 8.11. The van der Waals surface area contributed by atoms with Crippen molar-refractivity contribution in [3.05, 3.63) is 29.8 Å². The summed E-state index contributed by atoms with van der Waals surface area (Å²) < 4.78 is 5.55. The minimum atomic E-state index is -0.333. The molecule has 2 nitrogen and oxygen atoms in total. The van der Waals surface area contributed by atoms with Crippen LogP contribution >= 0.6 is 0 Å². The van der Waals surface area contributed by atoms with Crippen LogP contribution in [0.5, 0.6) is 5.75 Å². The van der Waals surface area contributed by atoms with Crippen molar-refractivity contribution in [2.45, 2.75) is 77.7 Å². The molecule has 1 N–H and O–H groups in total. The molecule has 0 saturated carbocycles. The second kappa shape index (κ2) is 11.6. The number of unbranched alkanes of at least 4 members (excludes halogenated alkanes) is 6. The van der Waals surface area contributed by atoms with Gasteiger partial charge in [-0.25, -0.2) is 0 Å². The molecule has 1 aromatic rings. The predicted molar refractivity (Wildman–Crippen MR) is 89.8 cm³/mol. The Bertz CT molecular complexity index is 345. The zero-order valence-electron chi connectivity index (χ0n) is 13.8. The molecule has 0 aliphatic carbocycles. The minimum absolute atomic E-state index is 0.333. The molecule has 21 heavy (non-hydrogen) atoms. The van der Waals surface area contributed by atoms with Crippen LogP contribution in [-0.2, 0) is 0 Å². The van der Waals surface area contributed by atoms with Gasteiger partial charge >= 0.3 is 0 Å². The van der Waals surface area contributed by atoms with E-state index in [4.69, 9.17) is 4.74 Å². The van der Waals surface area contributed by atoms with Crippen molar-refractivity contribution in [3.8, 4) is 5.75 Å². The lowest BCUT2D eigenvalue weighted by atomic mass is 10.0. The second-order valence-electron chi connectivity index (χ2n) is 5.84. The summed E-state index contributed by atoms with van der Waals surface area (Å²) in [6, 6.07) is 7.88. The monoisotopic (exact) mass is 292 g/mol. The van der Waals surface area contributed by atoms with Crippen molar-refractivity contribution in [2.75, 3.05) is 6.61 Å². The van der Waals surface area contributed by atoms with Gasteiger partial charge in [0.1, 0.15) is 5.75 Å². The highest BCUT2D eigenvalue weighted by atomic mass is 16.5. The molecule has 0 aliphatic heterocycles. The molecule has 1 atom stereocenters. The zero-order valence-corrected chi connectivity index (χ0v) is 13.8. The van der Waals surface area contributed by atoms with E-state index in [9.17, 15) is 5.11 Å². The van der Waals surface area contributed by atoms with Gasteiger partial charge in [-0.15, -0.1) is 0 Å². The van der Waals surface area contributed by atoms with Crippen LogP contribution in [0, 0.1) is 0 Å². The average Bonchev–Trinajstić information content (AvgIpc) is 2.52. The smallest absolute Gasteiger partial charge is 0.119 e. The van der Waals surface area contributed by atoms with Crippen molar-refractivity contribution in [1.29, 1.82) is 0 Å². The van der Waals surface area contributed by atoms with Gasteiger partial charge in [-0.3, -0.25) is 0 Å². The summed E-state index contributed by atoms with van der Waals surface area (Å²) >= 11 is 0. The molecule has 0 fully saturated rings. The van der Waals surface area contributed by atoms with Crippen molar-refractivity contribution < 1.29 is 9.84 Å². The van der Waals surface area contributed by atoms with E-state index >= 15 is 0 Å². The maximum absolute atomic E-state index is 10.2. The first-order valence-electron chi connectivity index (χ1n) is 8.68. The van der Waals surface area contributed by atoms with E-state index in [1.807, 2.05) is 24.3 Å². The number of rotatable bonds is 12.